The van der Waals surface area contributed by atoms with Crippen LogP contribution < -0.4 is 10.6 Å². The Morgan fingerprint density at radius 3 is 2.83 bits per heavy atom. The number of oxazole rings is 1. The van der Waals surface area contributed by atoms with Gasteiger partial charge in [0.2, 0.25) is 18.1 Å². The van der Waals surface area contributed by atoms with Gasteiger partial charge in [-0.15, -0.1) is 0 Å². The highest BCUT2D eigenvalue weighted by atomic mass is 19.3. The van der Waals surface area contributed by atoms with Crippen molar-refractivity contribution in [3.05, 3.63) is 30.1 Å². The van der Waals surface area contributed by atoms with Gasteiger partial charge >= 0.3 is 0 Å². The van der Waals surface area contributed by atoms with E-state index in [4.69, 9.17) is 4.42 Å². The molecule has 1 aliphatic rings. The molecule has 0 aromatic carbocycles. The Morgan fingerprint density at radius 2 is 2.17 bits per heavy atom. The zero-order chi connectivity index (χ0) is 16.9. The average molecular weight is 327 g/mol. The van der Waals surface area contributed by atoms with Crippen LogP contribution in [0.5, 0.6) is 0 Å². The summed E-state index contributed by atoms with van der Waals surface area (Å²) < 4.78 is 31.7. The second-order valence-electron chi connectivity index (χ2n) is 5.57. The molecule has 1 fully saturated rings. The maximum absolute atomic E-state index is 13.1. The van der Waals surface area contributed by atoms with E-state index in [1.165, 1.54) is 6.20 Å². The summed E-state index contributed by atoms with van der Waals surface area (Å²) in [4.78, 5) is 26.1. The molecule has 1 aliphatic carbocycles. The maximum Gasteiger partial charge on any atom is 0.292 e. The highest BCUT2D eigenvalue weighted by Gasteiger charge is 2.37. The number of aromatic nitrogens is 1. The predicted molar refractivity (Wildman–Crippen MR) is 77.9 cm³/mol. The van der Waals surface area contributed by atoms with Gasteiger partial charge in [-0.3, -0.25) is 9.59 Å². The standard InChI is InChI=1S/C15H19F2N3O3/c1-10(4-7-18-9-21)20-13(22)12-8-19-14(23-12)11-2-5-15(16,17)6-3-11/h8-9,11H,1-7H2,(H,18,21)(H,20,22). The van der Waals surface area contributed by atoms with E-state index in [1.54, 1.807) is 0 Å². The molecule has 0 bridgehead atoms. The Balaban J connectivity index is 1.87. The molecule has 1 saturated carbocycles. The topological polar surface area (TPSA) is 84.2 Å². The number of nitrogens with one attached hydrogen (secondary N) is 2. The van der Waals surface area contributed by atoms with Crippen LogP contribution in [-0.4, -0.2) is 29.8 Å². The van der Waals surface area contributed by atoms with E-state index >= 15 is 0 Å². The van der Waals surface area contributed by atoms with Crippen LogP contribution in [0.2, 0.25) is 0 Å². The van der Waals surface area contributed by atoms with E-state index in [2.05, 4.69) is 22.2 Å². The molecule has 1 aromatic rings. The van der Waals surface area contributed by atoms with Gasteiger partial charge in [0.05, 0.1) is 6.20 Å². The van der Waals surface area contributed by atoms with Gasteiger partial charge in [0, 0.05) is 37.4 Å². The van der Waals surface area contributed by atoms with Crippen LogP contribution in [0.4, 0.5) is 8.78 Å². The second-order valence-corrected chi connectivity index (χ2v) is 5.57. The van der Waals surface area contributed by atoms with Gasteiger partial charge in [-0.05, 0) is 12.8 Å². The summed E-state index contributed by atoms with van der Waals surface area (Å²) in [6.07, 6.45) is 2.44. The van der Waals surface area contributed by atoms with Crippen LogP contribution in [0.15, 0.2) is 22.9 Å². The molecular weight excluding hydrogens is 308 g/mol. The van der Waals surface area contributed by atoms with Crippen LogP contribution in [0, 0.1) is 0 Å². The summed E-state index contributed by atoms with van der Waals surface area (Å²) in [6, 6.07) is 0. The molecule has 0 saturated heterocycles. The monoisotopic (exact) mass is 327 g/mol. The van der Waals surface area contributed by atoms with Crippen LogP contribution >= 0.6 is 0 Å². The molecule has 6 nitrogen and oxygen atoms in total. The van der Waals surface area contributed by atoms with E-state index in [-0.39, 0.29) is 24.5 Å². The number of carbonyl (C=O) groups excluding carboxylic acids is 2. The summed E-state index contributed by atoms with van der Waals surface area (Å²) in [6.45, 7) is 4.03. The Morgan fingerprint density at radius 1 is 1.48 bits per heavy atom. The number of nitrogens with zero attached hydrogens (tertiary/aromatic N) is 1. The third kappa shape index (κ3) is 4.87. The van der Waals surface area contributed by atoms with Crippen molar-refractivity contribution in [3.8, 4) is 0 Å². The molecule has 2 N–H and O–H groups in total. The molecule has 126 valence electrons. The molecule has 0 spiro atoms. The highest BCUT2D eigenvalue weighted by Crippen LogP contribution is 2.40. The predicted octanol–water partition coefficient (Wildman–Crippen LogP) is 2.35. The molecule has 0 atom stereocenters. The first-order valence-corrected chi connectivity index (χ1v) is 7.41. The summed E-state index contributed by atoms with van der Waals surface area (Å²) >= 11 is 0. The molecule has 0 radical (unpaired) electrons. The molecular formula is C15H19F2N3O3. The normalized spacial score (nSPS) is 17.5. The number of amides is 2. The number of halogens is 2. The lowest BCUT2D eigenvalue weighted by molar-refractivity contribution is -0.109. The Labute approximate surface area is 132 Å². The Kier molecular flexibility index (Phi) is 5.46. The largest absolute Gasteiger partial charge is 0.435 e. The van der Waals surface area contributed by atoms with E-state index in [0.717, 1.165) is 0 Å². The number of carbonyl (C=O) groups is 2. The number of alkyl halides is 2. The fourth-order valence-corrected chi connectivity index (χ4v) is 2.44. The number of hydrogen-bond acceptors (Lipinski definition) is 4. The summed E-state index contributed by atoms with van der Waals surface area (Å²) in [7, 11) is 0. The van der Waals surface area contributed by atoms with Crippen molar-refractivity contribution in [2.24, 2.45) is 0 Å². The van der Waals surface area contributed by atoms with Crippen molar-refractivity contribution < 1.29 is 22.8 Å². The van der Waals surface area contributed by atoms with Crippen molar-refractivity contribution in [3.63, 3.8) is 0 Å². The van der Waals surface area contributed by atoms with E-state index in [9.17, 15) is 18.4 Å². The van der Waals surface area contributed by atoms with Crippen molar-refractivity contribution >= 4 is 12.3 Å². The van der Waals surface area contributed by atoms with E-state index < -0.39 is 11.8 Å². The lowest BCUT2D eigenvalue weighted by Gasteiger charge is -2.26. The molecule has 0 unspecified atom stereocenters. The van der Waals surface area contributed by atoms with Gasteiger partial charge in [0.15, 0.2) is 5.89 Å². The van der Waals surface area contributed by atoms with Gasteiger partial charge in [-0.1, -0.05) is 6.58 Å². The molecule has 23 heavy (non-hydrogen) atoms. The number of hydrogen-bond donors (Lipinski definition) is 2. The van der Waals surface area contributed by atoms with Crippen LogP contribution in [0.1, 0.15) is 54.5 Å². The molecule has 2 amide bonds. The average Bonchev–Trinajstić information content (AvgIpc) is 2.97. The zero-order valence-corrected chi connectivity index (χ0v) is 12.6. The van der Waals surface area contributed by atoms with Crippen LogP contribution in [0.3, 0.4) is 0 Å². The quantitative estimate of drug-likeness (QED) is 0.595. The van der Waals surface area contributed by atoms with Crippen molar-refractivity contribution in [1.82, 2.24) is 15.6 Å². The highest BCUT2D eigenvalue weighted by molar-refractivity contribution is 5.92. The first-order chi connectivity index (χ1) is 10.9. The first-order valence-electron chi connectivity index (χ1n) is 7.41. The molecule has 1 heterocycles. The van der Waals surface area contributed by atoms with Gasteiger partial charge in [0.1, 0.15) is 0 Å². The molecule has 1 aromatic heterocycles. The molecule has 0 aliphatic heterocycles. The van der Waals surface area contributed by atoms with Gasteiger partial charge in [-0.2, -0.15) is 0 Å². The lowest BCUT2D eigenvalue weighted by Crippen LogP contribution is -2.24. The minimum atomic E-state index is -2.61. The van der Waals surface area contributed by atoms with Crippen LogP contribution in [0.25, 0.3) is 0 Å². The fraction of sp³-hybridized carbons (Fsp3) is 0.533. The van der Waals surface area contributed by atoms with Gasteiger partial charge in [-0.25, -0.2) is 13.8 Å². The van der Waals surface area contributed by atoms with Crippen molar-refractivity contribution in [2.45, 2.75) is 43.9 Å². The Bertz CT molecular complexity index is 576. The Hall–Kier alpha value is -2.25. The molecule has 2 rings (SSSR count). The first kappa shape index (κ1) is 17.1. The summed E-state index contributed by atoms with van der Waals surface area (Å²) in [5.41, 5.74) is 0.430. The van der Waals surface area contributed by atoms with Gasteiger partial charge < -0.3 is 15.1 Å². The molecule has 8 heteroatoms. The minimum absolute atomic E-state index is 0.0156. The zero-order valence-electron chi connectivity index (χ0n) is 12.6. The lowest BCUT2D eigenvalue weighted by atomic mass is 9.87. The third-order valence-electron chi connectivity index (χ3n) is 3.76. The minimum Gasteiger partial charge on any atom is -0.435 e. The summed E-state index contributed by atoms with van der Waals surface area (Å²) in [5, 5.41) is 5.00. The van der Waals surface area contributed by atoms with Gasteiger partial charge in [0.25, 0.3) is 5.91 Å². The maximum atomic E-state index is 13.1. The van der Waals surface area contributed by atoms with Crippen molar-refractivity contribution in [1.29, 1.82) is 0 Å². The third-order valence-corrected chi connectivity index (χ3v) is 3.76. The van der Waals surface area contributed by atoms with Crippen molar-refractivity contribution in [2.75, 3.05) is 6.54 Å². The van der Waals surface area contributed by atoms with Crippen LogP contribution in [-0.2, 0) is 4.79 Å². The fourth-order valence-electron chi connectivity index (χ4n) is 2.44. The summed E-state index contributed by atoms with van der Waals surface area (Å²) in [5.74, 6) is -2.96. The number of rotatable bonds is 7. The van der Waals surface area contributed by atoms with E-state index in [0.29, 0.717) is 43.8 Å². The second kappa shape index (κ2) is 7.34. The SMILES string of the molecule is C=C(CCNC=O)NC(=O)c1cnc(C2CCC(F)(F)CC2)o1. The smallest absolute Gasteiger partial charge is 0.292 e. The van der Waals surface area contributed by atoms with E-state index in [1.807, 2.05) is 0 Å².